The first kappa shape index (κ1) is 24.1. The van der Waals surface area contributed by atoms with Crippen LogP contribution in [0.25, 0.3) is 21.8 Å². The van der Waals surface area contributed by atoms with Crippen LogP contribution in [0.4, 0.5) is 0 Å². The van der Waals surface area contributed by atoms with E-state index in [4.69, 9.17) is 9.47 Å². The number of aromatic carboxylic acids is 1. The van der Waals surface area contributed by atoms with Gasteiger partial charge in [-0.25, -0.2) is 9.78 Å². The Bertz CT molecular complexity index is 1590. The van der Waals surface area contributed by atoms with Crippen molar-refractivity contribution in [3.8, 4) is 0 Å². The topological polar surface area (TPSA) is 84.4 Å². The van der Waals surface area contributed by atoms with Crippen LogP contribution >= 0.6 is 0 Å². The number of allylic oxidation sites excluding steroid dienone is 1. The van der Waals surface area contributed by atoms with Gasteiger partial charge in [-0.15, -0.1) is 0 Å². The number of rotatable bonds is 8. The SMILES string of the molecule is O=C(O)c1cc2c([nH]c3ccccc32)c(C2C=CC(OCc3ccccc3)C(OCc3ccccc3)C2)n1. The van der Waals surface area contributed by atoms with Gasteiger partial charge in [0.15, 0.2) is 0 Å². The lowest BCUT2D eigenvalue weighted by Gasteiger charge is -2.32. The maximum Gasteiger partial charge on any atom is 0.354 e. The van der Waals surface area contributed by atoms with Crippen LogP contribution < -0.4 is 0 Å². The largest absolute Gasteiger partial charge is 0.477 e. The van der Waals surface area contributed by atoms with E-state index in [-0.39, 0.29) is 23.8 Å². The zero-order valence-electron chi connectivity index (χ0n) is 20.8. The molecule has 2 heterocycles. The van der Waals surface area contributed by atoms with Crippen molar-refractivity contribution in [1.82, 2.24) is 9.97 Å². The monoisotopic (exact) mass is 504 g/mol. The Labute approximate surface area is 220 Å². The Kier molecular flexibility index (Phi) is 6.73. The minimum Gasteiger partial charge on any atom is -0.477 e. The molecular formula is C32H28N2O4. The zero-order valence-corrected chi connectivity index (χ0v) is 20.8. The second-order valence-electron chi connectivity index (χ2n) is 9.61. The highest BCUT2D eigenvalue weighted by atomic mass is 16.5. The van der Waals surface area contributed by atoms with Crippen molar-refractivity contribution in [2.45, 2.75) is 37.8 Å². The molecule has 5 aromatic rings. The molecule has 2 N–H and O–H groups in total. The maximum atomic E-state index is 12.0. The van der Waals surface area contributed by atoms with Gasteiger partial charge in [-0.1, -0.05) is 91.0 Å². The van der Waals surface area contributed by atoms with Crippen LogP contribution in [-0.2, 0) is 22.7 Å². The standard InChI is InChI=1S/C32H28N2O4/c35-32(36)27-18-25-24-13-7-8-14-26(24)33-31(25)30(34-27)23-15-16-28(37-19-21-9-3-1-4-10-21)29(17-23)38-20-22-11-5-2-6-12-22/h1-16,18,23,28-29,33H,17,19-20H2,(H,35,36). The number of benzene rings is 3. The molecule has 0 radical (unpaired) electrons. The van der Waals surface area contributed by atoms with Gasteiger partial charge in [0.1, 0.15) is 11.8 Å². The lowest BCUT2D eigenvalue weighted by Crippen LogP contribution is -2.34. The summed E-state index contributed by atoms with van der Waals surface area (Å²) in [5.41, 5.74) is 4.74. The average Bonchev–Trinajstić information content (AvgIpc) is 3.34. The Morgan fingerprint density at radius 2 is 1.50 bits per heavy atom. The number of carboxylic acids is 1. The molecule has 1 aliphatic rings. The number of hydrogen-bond acceptors (Lipinski definition) is 4. The molecule has 0 bridgehead atoms. The Balaban J connectivity index is 1.34. The van der Waals surface area contributed by atoms with Crippen molar-refractivity contribution in [2.24, 2.45) is 0 Å². The summed E-state index contributed by atoms with van der Waals surface area (Å²) in [7, 11) is 0. The molecule has 0 spiro atoms. The summed E-state index contributed by atoms with van der Waals surface area (Å²) < 4.78 is 12.8. The fraction of sp³-hybridized carbons (Fsp3) is 0.188. The van der Waals surface area contributed by atoms with E-state index in [0.717, 1.165) is 32.9 Å². The van der Waals surface area contributed by atoms with Gasteiger partial charge in [0.25, 0.3) is 0 Å². The second-order valence-corrected chi connectivity index (χ2v) is 9.61. The lowest BCUT2D eigenvalue weighted by molar-refractivity contribution is -0.0729. The van der Waals surface area contributed by atoms with E-state index in [1.165, 1.54) is 0 Å². The van der Waals surface area contributed by atoms with Crippen LogP contribution in [0, 0.1) is 0 Å². The highest BCUT2D eigenvalue weighted by Gasteiger charge is 2.31. The molecule has 6 rings (SSSR count). The molecule has 1 aliphatic carbocycles. The number of nitrogens with zero attached hydrogens (tertiary/aromatic N) is 1. The third-order valence-electron chi connectivity index (χ3n) is 7.07. The second kappa shape index (κ2) is 10.6. The number of ether oxygens (including phenoxy) is 2. The molecule has 3 atom stereocenters. The van der Waals surface area contributed by atoms with E-state index in [1.54, 1.807) is 6.07 Å². The summed E-state index contributed by atoms with van der Waals surface area (Å²) >= 11 is 0. The maximum absolute atomic E-state index is 12.0. The zero-order chi connectivity index (χ0) is 25.9. The fourth-order valence-corrected chi connectivity index (χ4v) is 5.15. The summed E-state index contributed by atoms with van der Waals surface area (Å²) in [5, 5.41) is 11.7. The number of aromatic nitrogens is 2. The van der Waals surface area contributed by atoms with Crippen LogP contribution in [0.3, 0.4) is 0 Å². The Hall–Kier alpha value is -4.26. The van der Waals surface area contributed by atoms with Gasteiger partial charge in [-0.05, 0) is 29.7 Å². The molecule has 190 valence electrons. The van der Waals surface area contributed by atoms with E-state index in [0.29, 0.717) is 25.3 Å². The van der Waals surface area contributed by atoms with E-state index >= 15 is 0 Å². The number of pyridine rings is 1. The molecule has 0 saturated carbocycles. The van der Waals surface area contributed by atoms with Crippen LogP contribution in [0.5, 0.6) is 0 Å². The number of para-hydroxylation sites is 1. The molecule has 0 amide bonds. The number of fused-ring (bicyclic) bond motifs is 3. The number of hydrogen-bond donors (Lipinski definition) is 2. The molecular weight excluding hydrogens is 476 g/mol. The molecule has 6 heteroatoms. The average molecular weight is 505 g/mol. The molecule has 0 saturated heterocycles. The summed E-state index contributed by atoms with van der Waals surface area (Å²) in [5.74, 6) is -1.18. The first-order chi connectivity index (χ1) is 18.7. The number of nitrogens with one attached hydrogen (secondary N) is 1. The van der Waals surface area contributed by atoms with Crippen LogP contribution in [0.1, 0.15) is 39.6 Å². The van der Waals surface area contributed by atoms with Gasteiger partial charge in [0.05, 0.1) is 30.5 Å². The summed E-state index contributed by atoms with van der Waals surface area (Å²) in [6.07, 6.45) is 4.26. The van der Waals surface area contributed by atoms with Crippen molar-refractivity contribution in [3.63, 3.8) is 0 Å². The summed E-state index contributed by atoms with van der Waals surface area (Å²) in [6, 6.07) is 29.7. The molecule has 3 aromatic carbocycles. The quantitative estimate of drug-likeness (QED) is 0.232. The molecule has 0 fully saturated rings. The van der Waals surface area contributed by atoms with E-state index in [2.05, 4.69) is 16.0 Å². The minimum atomic E-state index is -1.04. The third-order valence-corrected chi connectivity index (χ3v) is 7.07. The van der Waals surface area contributed by atoms with Gasteiger partial charge >= 0.3 is 5.97 Å². The molecule has 3 unspecified atom stereocenters. The number of carboxylic acid groups (broad SMARTS) is 1. The minimum absolute atomic E-state index is 0.0369. The number of carbonyl (C=O) groups is 1. The normalized spacial score (nSPS) is 19.2. The smallest absolute Gasteiger partial charge is 0.354 e. The predicted molar refractivity (Wildman–Crippen MR) is 147 cm³/mol. The highest BCUT2D eigenvalue weighted by Crippen LogP contribution is 2.37. The molecule has 6 nitrogen and oxygen atoms in total. The van der Waals surface area contributed by atoms with Gasteiger partial charge < -0.3 is 19.6 Å². The highest BCUT2D eigenvalue weighted by molar-refractivity contribution is 6.09. The number of aromatic amines is 1. The molecule has 2 aromatic heterocycles. The van der Waals surface area contributed by atoms with E-state index in [9.17, 15) is 9.90 Å². The Morgan fingerprint density at radius 1 is 0.842 bits per heavy atom. The first-order valence-corrected chi connectivity index (χ1v) is 12.8. The van der Waals surface area contributed by atoms with Crippen molar-refractivity contribution >= 4 is 27.8 Å². The summed E-state index contributed by atoms with van der Waals surface area (Å²) in [4.78, 5) is 20.1. The van der Waals surface area contributed by atoms with Crippen molar-refractivity contribution in [2.75, 3.05) is 0 Å². The van der Waals surface area contributed by atoms with Crippen molar-refractivity contribution in [3.05, 3.63) is 126 Å². The van der Waals surface area contributed by atoms with Crippen molar-refractivity contribution in [1.29, 1.82) is 0 Å². The van der Waals surface area contributed by atoms with Gasteiger partial charge in [-0.3, -0.25) is 0 Å². The van der Waals surface area contributed by atoms with E-state index < -0.39 is 5.97 Å². The summed E-state index contributed by atoms with van der Waals surface area (Å²) in [6.45, 7) is 0.937. The molecule has 38 heavy (non-hydrogen) atoms. The Morgan fingerprint density at radius 3 is 2.21 bits per heavy atom. The van der Waals surface area contributed by atoms with Crippen LogP contribution in [0.15, 0.2) is 103 Å². The van der Waals surface area contributed by atoms with Gasteiger partial charge in [0, 0.05) is 22.2 Å². The fourth-order valence-electron chi connectivity index (χ4n) is 5.15. The lowest BCUT2D eigenvalue weighted by atomic mass is 9.87. The number of H-pyrrole nitrogens is 1. The predicted octanol–water partition coefficient (Wildman–Crippen LogP) is 6.63. The van der Waals surface area contributed by atoms with Crippen LogP contribution in [-0.4, -0.2) is 33.3 Å². The first-order valence-electron chi connectivity index (χ1n) is 12.8. The van der Waals surface area contributed by atoms with E-state index in [1.807, 2.05) is 91.0 Å². The van der Waals surface area contributed by atoms with Crippen LogP contribution in [0.2, 0.25) is 0 Å². The third kappa shape index (κ3) is 4.96. The van der Waals surface area contributed by atoms with Crippen molar-refractivity contribution < 1.29 is 19.4 Å². The van der Waals surface area contributed by atoms with Gasteiger partial charge in [-0.2, -0.15) is 0 Å². The molecule has 0 aliphatic heterocycles. The van der Waals surface area contributed by atoms with Gasteiger partial charge in [0.2, 0.25) is 0 Å².